The molecule has 0 aliphatic carbocycles. The number of anilines is 2. The Balaban J connectivity index is 0.000000158. The van der Waals surface area contributed by atoms with Crippen molar-refractivity contribution in [1.29, 1.82) is 0 Å². The minimum absolute atomic E-state index is 0.0153. The van der Waals surface area contributed by atoms with Crippen LogP contribution in [0.5, 0.6) is 34.5 Å². The van der Waals surface area contributed by atoms with E-state index >= 15 is 0 Å². The molecule has 0 fully saturated rings. The average Bonchev–Trinajstić information content (AvgIpc) is 1.25. The number of methoxy groups -OCH3 is 2. The van der Waals surface area contributed by atoms with Gasteiger partial charge in [-0.2, -0.15) is 0 Å². The highest BCUT2D eigenvalue weighted by Gasteiger charge is 2.27. The lowest BCUT2D eigenvalue weighted by atomic mass is 9.87. The third-order valence-electron chi connectivity index (χ3n) is 22.6. The lowest BCUT2D eigenvalue weighted by molar-refractivity contribution is -0.115. The largest absolute Gasteiger partial charge is 0.496 e. The van der Waals surface area contributed by atoms with Gasteiger partial charge in [0.15, 0.2) is 9.84 Å². The second kappa shape index (κ2) is 43.2. The fourth-order valence-electron chi connectivity index (χ4n) is 14.8. The molecule has 1 aliphatic rings. The van der Waals surface area contributed by atoms with Gasteiger partial charge in [-0.25, -0.2) is 8.42 Å². The zero-order valence-electron chi connectivity index (χ0n) is 78.0. The Bertz CT molecular complexity index is 6460. The first-order valence-corrected chi connectivity index (χ1v) is 45.5. The first kappa shape index (κ1) is 96.7. The molecule has 0 saturated heterocycles. The van der Waals surface area contributed by atoms with Gasteiger partial charge < -0.3 is 56.5 Å². The van der Waals surface area contributed by atoms with Crippen LogP contribution in [0.3, 0.4) is 0 Å². The standard InChI is InChI=1S/C25H29NO5S.C23H25NO3.2C20H22N2O2.C19H20N2O2/c1-6-32(28,29)16-18-7-12-23(31-20-10-8-19(9-11-20)17(2)3)21(13-18)22-15-26(4)25(27)14-24(22)30-5;1-23(2,3)16-10-12-17(13-11-16)27-20-9-7-6-8-18(20)19-15-24(4)22(25)14-21(19)26-5;2*1-13(2)17-7-5-16(6-8-17)11-22-12-18(9-10-19(22)23)20-14(3)21-24-15(20)4;1-13(2)14-7-9-15(10-8-14)19(23)21-12-11-18(22)20-16-5-3-4-6-17(16)21/h7-15,17H,6,16H2,1-5H3;6-15H,1-5H3;2*5-10,12-13H,11H2,1-4H3;3-10,13H,11-12H2,1-2H3,(H,20,22). The number of para-hydroxylation sites is 3. The van der Waals surface area contributed by atoms with E-state index < -0.39 is 9.84 Å². The number of carbonyl (C=O) groups excluding carboxylic acids is 2. The maximum Gasteiger partial charge on any atom is 0.258 e. The van der Waals surface area contributed by atoms with Gasteiger partial charge in [-0.1, -0.05) is 215 Å². The molecule has 0 bridgehead atoms. The number of aromatic nitrogens is 6. The van der Waals surface area contributed by atoms with Crippen molar-refractivity contribution >= 4 is 33.0 Å². The minimum atomic E-state index is -3.21. The molecule has 22 nitrogen and oxygen atoms in total. The summed E-state index contributed by atoms with van der Waals surface area (Å²) in [7, 11) is 3.22. The van der Waals surface area contributed by atoms with Gasteiger partial charge in [-0.05, 0) is 180 Å². The normalized spacial score (nSPS) is 11.8. The quantitative estimate of drug-likeness (QED) is 0.0661. The van der Waals surface area contributed by atoms with E-state index in [4.69, 9.17) is 28.0 Å². The number of pyridine rings is 4. The van der Waals surface area contributed by atoms with Crippen molar-refractivity contribution in [2.45, 2.75) is 165 Å². The summed E-state index contributed by atoms with van der Waals surface area (Å²) in [5.74, 6) is 6.80. The molecule has 0 unspecified atom stereocenters. The van der Waals surface area contributed by atoms with Gasteiger partial charge in [-0.15, -0.1) is 0 Å². The first-order valence-electron chi connectivity index (χ1n) is 43.6. The smallest absolute Gasteiger partial charge is 0.258 e. The molecular weight excluding hydrogens is 1650 g/mol. The molecule has 7 heterocycles. The zero-order chi connectivity index (χ0) is 94.0. The third-order valence-corrected chi connectivity index (χ3v) is 24.2. The summed E-state index contributed by atoms with van der Waals surface area (Å²) in [5.41, 5.74) is 19.4. The van der Waals surface area contributed by atoms with E-state index in [0.717, 1.165) is 78.9 Å². The predicted octanol–water partition coefficient (Wildman–Crippen LogP) is 22.4. The van der Waals surface area contributed by atoms with Crippen LogP contribution in [0.15, 0.2) is 277 Å². The van der Waals surface area contributed by atoms with Gasteiger partial charge in [0.1, 0.15) is 46.0 Å². The molecule has 0 atom stereocenters. The maximum atomic E-state index is 12.9. The fraction of sp³-hybridized carbons (Fsp3) is 0.290. The number of hydrogen-bond donors (Lipinski definition) is 1. The number of sulfone groups is 1. The first-order chi connectivity index (χ1) is 61.9. The highest BCUT2D eigenvalue weighted by atomic mass is 32.2. The Morgan fingerprint density at radius 2 is 0.877 bits per heavy atom. The number of fused-ring (bicyclic) bond motifs is 1. The second-order valence-corrected chi connectivity index (χ2v) is 37.0. The number of benzene rings is 8. The highest BCUT2D eigenvalue weighted by molar-refractivity contribution is 7.90. The highest BCUT2D eigenvalue weighted by Crippen LogP contribution is 2.42. The number of aryl methyl sites for hydroxylation is 6. The zero-order valence-corrected chi connectivity index (χ0v) is 78.8. The van der Waals surface area contributed by atoms with Crippen LogP contribution < -0.4 is 51.4 Å². The number of ether oxygens (including phenoxy) is 4. The SMILES string of the molecule is CC(C)c1ccc(C(=O)N2CCC(=O)Nc3ccccc32)cc1.CCS(=O)(=O)Cc1ccc(Oc2ccc(C(C)C)cc2)c(-c2cn(C)c(=O)cc2OC)c1.COc1cc(=O)n(C)cc1-c1ccccc1Oc1ccc(C(C)(C)C)cc1.Cc1noc(C)c1-c1ccc(=O)n(Cc2ccc(C(C)C)cc2)c1.Cc1noc(C)c1-c1ccc(=O)n(Cc2ccc(C(C)C)cc2)c1. The molecule has 0 spiro atoms. The van der Waals surface area contributed by atoms with Crippen molar-refractivity contribution < 1.29 is 46.0 Å². The van der Waals surface area contributed by atoms with Crippen molar-refractivity contribution in [2.24, 2.45) is 14.1 Å². The van der Waals surface area contributed by atoms with Gasteiger partial charge in [0.2, 0.25) is 5.91 Å². The summed E-state index contributed by atoms with van der Waals surface area (Å²) in [6.07, 6.45) is 7.50. The molecule has 6 aromatic heterocycles. The Kier molecular flexibility index (Phi) is 32.2. The summed E-state index contributed by atoms with van der Waals surface area (Å²) in [5, 5.41) is 10.8. The molecule has 1 N–H and O–H groups in total. The van der Waals surface area contributed by atoms with Crippen LogP contribution in [0, 0.1) is 27.7 Å². The van der Waals surface area contributed by atoms with Gasteiger partial charge in [0, 0.05) is 132 Å². The number of amides is 2. The van der Waals surface area contributed by atoms with Crippen LogP contribution in [0.4, 0.5) is 11.4 Å². The van der Waals surface area contributed by atoms with Crippen molar-refractivity contribution in [3.63, 3.8) is 0 Å². The number of carbonyl (C=O) groups is 2. The average molecular weight is 1770 g/mol. The third kappa shape index (κ3) is 24.9. The van der Waals surface area contributed by atoms with E-state index in [-0.39, 0.29) is 51.0 Å². The van der Waals surface area contributed by atoms with Gasteiger partial charge in [0.05, 0.1) is 55.8 Å². The molecule has 676 valence electrons. The van der Waals surface area contributed by atoms with Crippen LogP contribution in [0.25, 0.3) is 44.5 Å². The lowest BCUT2D eigenvalue weighted by Gasteiger charge is -2.22. The van der Waals surface area contributed by atoms with Crippen LogP contribution in [-0.4, -0.2) is 75.3 Å². The molecule has 15 rings (SSSR count). The Hall–Kier alpha value is -13.9. The predicted molar refractivity (Wildman–Crippen MR) is 519 cm³/mol. The Morgan fingerprint density at radius 1 is 0.462 bits per heavy atom. The van der Waals surface area contributed by atoms with Crippen LogP contribution >= 0.6 is 0 Å². The number of hydrogen-bond acceptors (Lipinski definition) is 16. The van der Waals surface area contributed by atoms with E-state index in [9.17, 15) is 37.2 Å². The molecule has 130 heavy (non-hydrogen) atoms. The molecule has 14 aromatic rings. The van der Waals surface area contributed by atoms with Crippen molar-refractivity contribution in [2.75, 3.05) is 36.7 Å². The van der Waals surface area contributed by atoms with E-state index in [0.29, 0.717) is 106 Å². The monoisotopic (exact) mass is 1770 g/mol. The van der Waals surface area contributed by atoms with Crippen molar-refractivity contribution in [3.8, 4) is 79.0 Å². The molecular formula is C107H118N8O14S. The summed E-state index contributed by atoms with van der Waals surface area (Å²) in [4.78, 5) is 74.9. The van der Waals surface area contributed by atoms with E-state index in [1.165, 1.54) is 56.2 Å². The van der Waals surface area contributed by atoms with Crippen LogP contribution in [0.2, 0.25) is 0 Å². The molecule has 8 aromatic carbocycles. The van der Waals surface area contributed by atoms with Gasteiger partial charge >= 0.3 is 0 Å². The summed E-state index contributed by atoms with van der Waals surface area (Å²) in [6.45, 7) is 34.4. The Morgan fingerprint density at radius 3 is 1.32 bits per heavy atom. The van der Waals surface area contributed by atoms with Crippen LogP contribution in [0.1, 0.15) is 191 Å². The molecule has 2 amide bonds. The minimum Gasteiger partial charge on any atom is -0.496 e. The lowest BCUT2D eigenvalue weighted by Crippen LogP contribution is -2.31. The van der Waals surface area contributed by atoms with Gasteiger partial charge in [0.25, 0.3) is 28.1 Å². The fourth-order valence-corrected chi connectivity index (χ4v) is 15.7. The molecule has 0 radical (unpaired) electrons. The van der Waals surface area contributed by atoms with E-state index in [2.05, 4.69) is 152 Å². The van der Waals surface area contributed by atoms with Crippen LogP contribution in [-0.2, 0) is 53.0 Å². The summed E-state index contributed by atoms with van der Waals surface area (Å²) < 4.78 is 64.5. The number of rotatable bonds is 22. The van der Waals surface area contributed by atoms with E-state index in [1.54, 1.807) is 84.9 Å². The van der Waals surface area contributed by atoms with Crippen molar-refractivity contribution in [1.82, 2.24) is 28.6 Å². The van der Waals surface area contributed by atoms with E-state index in [1.807, 2.05) is 161 Å². The maximum absolute atomic E-state index is 12.9. The Labute approximate surface area is 761 Å². The number of nitrogens with zero attached hydrogens (tertiary/aromatic N) is 7. The number of nitrogens with one attached hydrogen (secondary N) is 1. The summed E-state index contributed by atoms with van der Waals surface area (Å²) in [6, 6.07) is 70.8. The van der Waals surface area contributed by atoms with Crippen molar-refractivity contribution in [3.05, 3.63) is 364 Å². The second-order valence-electron chi connectivity index (χ2n) is 34.6. The molecule has 0 saturated carbocycles. The molecule has 23 heteroatoms. The summed E-state index contributed by atoms with van der Waals surface area (Å²) >= 11 is 0. The van der Waals surface area contributed by atoms with Gasteiger partial charge in [-0.3, -0.25) is 28.8 Å². The topological polar surface area (TPSA) is 261 Å². The molecule has 1 aliphatic heterocycles.